The standard InChI is InChI=1S/C14H21F3N6O/c1-10-7-22(4-5-23(10)8-14(15,16)17)13(24)20-11-6-18-9-19-12(11)21(2)3/h6,9-10H,4-5,7-8H2,1-3H3,(H,20,24). The van der Waals surface area contributed by atoms with Gasteiger partial charge in [0.25, 0.3) is 0 Å². The van der Waals surface area contributed by atoms with Gasteiger partial charge in [0, 0.05) is 39.8 Å². The summed E-state index contributed by atoms with van der Waals surface area (Å²) in [5.41, 5.74) is 0.456. The maximum atomic E-state index is 12.5. The number of carbonyl (C=O) groups is 1. The summed E-state index contributed by atoms with van der Waals surface area (Å²) in [6, 6.07) is -0.738. The summed E-state index contributed by atoms with van der Waals surface area (Å²) in [6.07, 6.45) is -1.37. The lowest BCUT2D eigenvalue weighted by Crippen LogP contribution is -2.56. The number of alkyl halides is 3. The van der Waals surface area contributed by atoms with Gasteiger partial charge in [0.05, 0.1) is 12.7 Å². The lowest BCUT2D eigenvalue weighted by atomic mass is 10.2. The number of aromatic nitrogens is 2. The SMILES string of the molecule is CC1CN(C(=O)Nc2cncnc2N(C)C)CCN1CC(F)(F)F. The molecule has 1 saturated heterocycles. The Labute approximate surface area is 138 Å². The Hall–Kier alpha value is -2.10. The highest BCUT2D eigenvalue weighted by atomic mass is 19.4. The quantitative estimate of drug-likeness (QED) is 0.901. The molecule has 1 unspecified atom stereocenters. The summed E-state index contributed by atoms with van der Waals surface area (Å²) >= 11 is 0. The fraction of sp³-hybridized carbons (Fsp3) is 0.643. The van der Waals surface area contributed by atoms with Crippen LogP contribution in [0.4, 0.5) is 29.5 Å². The number of nitrogens with one attached hydrogen (secondary N) is 1. The topological polar surface area (TPSA) is 64.6 Å². The first kappa shape index (κ1) is 18.2. The zero-order valence-corrected chi connectivity index (χ0v) is 13.8. The van der Waals surface area contributed by atoms with Gasteiger partial charge in [-0.1, -0.05) is 0 Å². The summed E-state index contributed by atoms with van der Waals surface area (Å²) in [4.78, 5) is 24.9. The molecule has 10 heteroatoms. The molecular formula is C14H21F3N6O. The summed E-state index contributed by atoms with van der Waals surface area (Å²) in [5.74, 6) is 0.558. The van der Waals surface area contributed by atoms with E-state index in [4.69, 9.17) is 0 Å². The maximum absolute atomic E-state index is 12.5. The van der Waals surface area contributed by atoms with Gasteiger partial charge in [0.2, 0.25) is 0 Å². The Morgan fingerprint density at radius 1 is 1.42 bits per heavy atom. The number of piperazine rings is 1. The smallest absolute Gasteiger partial charge is 0.361 e. The van der Waals surface area contributed by atoms with Gasteiger partial charge in [-0.3, -0.25) is 4.90 Å². The Morgan fingerprint density at radius 2 is 2.12 bits per heavy atom. The van der Waals surface area contributed by atoms with Gasteiger partial charge in [-0.05, 0) is 6.92 Å². The van der Waals surface area contributed by atoms with E-state index in [0.717, 1.165) is 0 Å². The molecule has 1 fully saturated rings. The van der Waals surface area contributed by atoms with Crippen LogP contribution >= 0.6 is 0 Å². The molecule has 0 spiro atoms. The average Bonchev–Trinajstić information content (AvgIpc) is 2.48. The van der Waals surface area contributed by atoms with Crippen LogP contribution < -0.4 is 10.2 Å². The number of halogens is 3. The van der Waals surface area contributed by atoms with Gasteiger partial charge in [0.15, 0.2) is 5.82 Å². The molecule has 0 saturated carbocycles. The second-order valence-electron chi connectivity index (χ2n) is 5.97. The fourth-order valence-corrected chi connectivity index (χ4v) is 2.61. The summed E-state index contributed by atoms with van der Waals surface area (Å²) < 4.78 is 37.6. The van der Waals surface area contributed by atoms with Crippen molar-refractivity contribution in [1.82, 2.24) is 19.8 Å². The first-order chi connectivity index (χ1) is 11.2. The third-order valence-corrected chi connectivity index (χ3v) is 3.79. The molecule has 0 radical (unpaired) electrons. The molecule has 2 amide bonds. The molecular weight excluding hydrogens is 325 g/mol. The normalized spacial score (nSPS) is 19.2. The van der Waals surface area contributed by atoms with Crippen molar-refractivity contribution >= 4 is 17.5 Å². The molecule has 1 atom stereocenters. The van der Waals surface area contributed by atoms with Gasteiger partial charge in [-0.15, -0.1) is 0 Å². The summed E-state index contributed by atoms with van der Waals surface area (Å²) in [6.45, 7) is 1.37. The van der Waals surface area contributed by atoms with E-state index in [1.54, 1.807) is 25.9 Å². The number of rotatable bonds is 3. The average molecular weight is 346 g/mol. The molecule has 1 aromatic rings. The largest absolute Gasteiger partial charge is 0.401 e. The van der Waals surface area contributed by atoms with Crippen LogP contribution in [-0.4, -0.2) is 78.3 Å². The van der Waals surface area contributed by atoms with Gasteiger partial charge in [-0.2, -0.15) is 13.2 Å². The molecule has 0 bridgehead atoms. The van der Waals surface area contributed by atoms with Crippen LogP contribution in [0, 0.1) is 0 Å². The summed E-state index contributed by atoms with van der Waals surface area (Å²) in [7, 11) is 3.58. The van der Waals surface area contributed by atoms with Crippen LogP contribution in [0.1, 0.15) is 6.92 Å². The number of nitrogens with zero attached hydrogens (tertiary/aromatic N) is 5. The third kappa shape index (κ3) is 4.70. The number of amides is 2. The number of hydrogen-bond acceptors (Lipinski definition) is 5. The molecule has 2 rings (SSSR count). The van der Waals surface area contributed by atoms with E-state index in [2.05, 4.69) is 15.3 Å². The van der Waals surface area contributed by atoms with E-state index >= 15 is 0 Å². The van der Waals surface area contributed by atoms with Gasteiger partial charge in [0.1, 0.15) is 12.0 Å². The minimum Gasteiger partial charge on any atom is -0.361 e. The Morgan fingerprint density at radius 3 is 2.71 bits per heavy atom. The monoisotopic (exact) mass is 346 g/mol. The van der Waals surface area contributed by atoms with Gasteiger partial charge >= 0.3 is 12.2 Å². The minimum atomic E-state index is -4.24. The zero-order chi connectivity index (χ0) is 17.9. The van der Waals surface area contributed by atoms with E-state index < -0.39 is 12.7 Å². The van der Waals surface area contributed by atoms with E-state index in [1.165, 1.54) is 22.3 Å². The lowest BCUT2D eigenvalue weighted by Gasteiger charge is -2.40. The van der Waals surface area contributed by atoms with Crippen LogP contribution in [0.5, 0.6) is 0 Å². The van der Waals surface area contributed by atoms with E-state index in [-0.39, 0.29) is 31.7 Å². The fourth-order valence-electron chi connectivity index (χ4n) is 2.61. The molecule has 0 aromatic carbocycles. The number of anilines is 2. The first-order valence-electron chi connectivity index (χ1n) is 7.51. The molecule has 1 N–H and O–H groups in total. The van der Waals surface area contributed by atoms with Crippen LogP contribution in [-0.2, 0) is 0 Å². The molecule has 24 heavy (non-hydrogen) atoms. The predicted octanol–water partition coefficient (Wildman–Crippen LogP) is 1.64. The molecule has 0 aliphatic carbocycles. The van der Waals surface area contributed by atoms with Crippen LogP contribution in [0.3, 0.4) is 0 Å². The van der Waals surface area contributed by atoms with Crippen molar-refractivity contribution in [3.63, 3.8) is 0 Å². The van der Waals surface area contributed by atoms with Crippen LogP contribution in [0.15, 0.2) is 12.5 Å². The molecule has 2 heterocycles. The molecule has 1 aliphatic rings. The van der Waals surface area contributed by atoms with Gasteiger partial charge < -0.3 is 15.1 Å². The lowest BCUT2D eigenvalue weighted by molar-refractivity contribution is -0.153. The van der Waals surface area contributed by atoms with E-state index in [0.29, 0.717) is 11.5 Å². The van der Waals surface area contributed by atoms with Crippen LogP contribution in [0.2, 0.25) is 0 Å². The first-order valence-corrected chi connectivity index (χ1v) is 7.51. The Kier molecular flexibility index (Phi) is 5.47. The highest BCUT2D eigenvalue weighted by Gasteiger charge is 2.36. The Balaban J connectivity index is 1.98. The Bertz CT molecular complexity index is 580. The van der Waals surface area contributed by atoms with Crippen molar-refractivity contribution in [2.45, 2.75) is 19.1 Å². The van der Waals surface area contributed by atoms with Crippen molar-refractivity contribution < 1.29 is 18.0 Å². The number of hydrogen-bond donors (Lipinski definition) is 1. The second kappa shape index (κ2) is 7.20. The van der Waals surface area contributed by atoms with Crippen molar-refractivity contribution in [2.24, 2.45) is 0 Å². The van der Waals surface area contributed by atoms with Crippen molar-refractivity contribution in [1.29, 1.82) is 0 Å². The van der Waals surface area contributed by atoms with E-state index in [9.17, 15) is 18.0 Å². The van der Waals surface area contributed by atoms with E-state index in [1.807, 2.05) is 0 Å². The number of carbonyl (C=O) groups excluding carboxylic acids is 1. The van der Waals surface area contributed by atoms with Crippen molar-refractivity contribution in [3.05, 3.63) is 12.5 Å². The number of urea groups is 1. The maximum Gasteiger partial charge on any atom is 0.401 e. The van der Waals surface area contributed by atoms with Crippen molar-refractivity contribution in [3.8, 4) is 0 Å². The molecule has 1 aromatic heterocycles. The van der Waals surface area contributed by atoms with Crippen LogP contribution in [0.25, 0.3) is 0 Å². The van der Waals surface area contributed by atoms with Gasteiger partial charge in [-0.25, -0.2) is 14.8 Å². The predicted molar refractivity (Wildman–Crippen MR) is 84.0 cm³/mol. The molecule has 1 aliphatic heterocycles. The highest BCUT2D eigenvalue weighted by Crippen LogP contribution is 2.22. The highest BCUT2D eigenvalue weighted by molar-refractivity contribution is 5.92. The molecule has 7 nitrogen and oxygen atoms in total. The zero-order valence-electron chi connectivity index (χ0n) is 13.8. The second-order valence-corrected chi connectivity index (χ2v) is 5.97. The van der Waals surface area contributed by atoms with Crippen molar-refractivity contribution in [2.75, 3.05) is 50.5 Å². The third-order valence-electron chi connectivity index (χ3n) is 3.79. The minimum absolute atomic E-state index is 0.180. The molecule has 134 valence electrons. The summed E-state index contributed by atoms with van der Waals surface area (Å²) in [5, 5.41) is 2.72.